The third kappa shape index (κ3) is 4.23. The van der Waals surface area contributed by atoms with Gasteiger partial charge in [-0.3, -0.25) is 0 Å². The average Bonchev–Trinajstić information content (AvgIpc) is 2.58. The minimum absolute atomic E-state index is 0.933. The molecule has 3 rings (SSSR count). The van der Waals surface area contributed by atoms with E-state index in [-0.39, 0.29) is 0 Å². The van der Waals surface area contributed by atoms with Crippen LogP contribution in [0.5, 0.6) is 0 Å². The van der Waals surface area contributed by atoms with Crippen molar-refractivity contribution < 1.29 is 4.57 Å². The lowest BCUT2D eigenvalue weighted by Crippen LogP contribution is -2.40. The van der Waals surface area contributed by atoms with Gasteiger partial charge in [0.25, 0.3) is 0 Å². The van der Waals surface area contributed by atoms with Gasteiger partial charge >= 0.3 is 0 Å². The molecule has 0 aliphatic heterocycles. The van der Waals surface area contributed by atoms with Crippen molar-refractivity contribution in [3.63, 3.8) is 0 Å². The molecule has 0 unspecified atom stereocenters. The molecule has 116 valence electrons. The largest absolute Gasteiger partial charge is 0.196 e. The molecule has 0 fully saturated rings. The van der Waals surface area contributed by atoms with E-state index in [1.54, 1.807) is 0 Å². The minimum atomic E-state index is 0.933. The number of aromatic nitrogens is 1. The Balaban J connectivity index is 1.75. The highest BCUT2D eigenvalue weighted by atomic mass is 32.2. The smallest absolute Gasteiger partial charge is 0.179 e. The second kappa shape index (κ2) is 7.47. The Kier molecular flexibility index (Phi) is 5.14. The lowest BCUT2D eigenvalue weighted by Gasteiger charge is -2.08. The van der Waals surface area contributed by atoms with Crippen LogP contribution in [0.3, 0.4) is 0 Å². The highest BCUT2D eigenvalue weighted by molar-refractivity contribution is 7.98. The van der Waals surface area contributed by atoms with Crippen LogP contribution in [0, 0.1) is 13.8 Å². The molecule has 0 saturated carbocycles. The van der Waals surface area contributed by atoms with Gasteiger partial charge in [0.2, 0.25) is 0 Å². The summed E-state index contributed by atoms with van der Waals surface area (Å²) in [6.45, 7) is 5.33. The Morgan fingerprint density at radius 1 is 0.739 bits per heavy atom. The van der Waals surface area contributed by atoms with Crippen molar-refractivity contribution in [2.24, 2.45) is 0 Å². The fourth-order valence-corrected chi connectivity index (χ4v) is 3.76. The van der Waals surface area contributed by atoms with Crippen molar-refractivity contribution in [1.29, 1.82) is 0 Å². The lowest BCUT2D eigenvalue weighted by atomic mass is 10.2. The number of nitrogens with zero attached hydrogens (tertiary/aromatic N) is 1. The summed E-state index contributed by atoms with van der Waals surface area (Å²) in [7, 11) is 0. The van der Waals surface area contributed by atoms with Gasteiger partial charge in [-0.25, -0.2) is 0 Å². The van der Waals surface area contributed by atoms with Crippen molar-refractivity contribution in [3.05, 3.63) is 95.3 Å². The van der Waals surface area contributed by atoms with E-state index in [2.05, 4.69) is 91.2 Å². The van der Waals surface area contributed by atoms with E-state index in [9.17, 15) is 0 Å². The van der Waals surface area contributed by atoms with Crippen LogP contribution in [0.1, 0.15) is 22.5 Å². The van der Waals surface area contributed by atoms with E-state index in [1.807, 2.05) is 11.8 Å². The molecule has 0 aliphatic carbocycles. The van der Waals surface area contributed by atoms with E-state index in [1.165, 1.54) is 27.4 Å². The Bertz CT molecular complexity index is 743. The van der Waals surface area contributed by atoms with Gasteiger partial charge in [0.15, 0.2) is 17.9 Å². The lowest BCUT2D eigenvalue weighted by molar-refractivity contribution is -0.700. The zero-order valence-electron chi connectivity index (χ0n) is 13.7. The molecule has 2 heteroatoms. The van der Waals surface area contributed by atoms with Crippen LogP contribution in [-0.4, -0.2) is 0 Å². The molecule has 0 atom stereocenters. The number of thioether (sulfide) groups is 1. The number of pyridine rings is 1. The van der Waals surface area contributed by atoms with E-state index < -0.39 is 0 Å². The minimum Gasteiger partial charge on any atom is -0.196 e. The summed E-state index contributed by atoms with van der Waals surface area (Å²) in [5, 5.41) is 0. The molecule has 0 aliphatic rings. The van der Waals surface area contributed by atoms with Crippen molar-refractivity contribution in [3.8, 4) is 0 Å². The molecule has 0 amide bonds. The Labute approximate surface area is 143 Å². The third-order valence-electron chi connectivity index (χ3n) is 3.99. The van der Waals surface area contributed by atoms with Crippen molar-refractivity contribution >= 4 is 11.8 Å². The first-order valence-electron chi connectivity index (χ1n) is 7.94. The van der Waals surface area contributed by atoms with E-state index in [0.29, 0.717) is 0 Å². The van der Waals surface area contributed by atoms with Gasteiger partial charge < -0.3 is 0 Å². The van der Waals surface area contributed by atoms with Gasteiger partial charge in [0.05, 0.1) is 0 Å². The Hall–Kier alpha value is -2.06. The normalized spacial score (nSPS) is 10.7. The molecule has 1 heterocycles. The first kappa shape index (κ1) is 15.8. The van der Waals surface area contributed by atoms with E-state index in [4.69, 9.17) is 0 Å². The molecule has 2 aromatic carbocycles. The summed E-state index contributed by atoms with van der Waals surface area (Å²) in [5.74, 6) is 1.02. The quantitative estimate of drug-likeness (QED) is 0.476. The van der Waals surface area contributed by atoms with Gasteiger partial charge in [-0.05, 0) is 5.56 Å². The van der Waals surface area contributed by atoms with E-state index >= 15 is 0 Å². The van der Waals surface area contributed by atoms with Crippen LogP contribution >= 0.6 is 11.8 Å². The maximum atomic E-state index is 2.38. The molecule has 0 bridgehead atoms. The molecule has 1 nitrogen and oxygen atoms in total. The first-order chi connectivity index (χ1) is 11.2. The number of rotatable bonds is 5. The monoisotopic (exact) mass is 320 g/mol. The van der Waals surface area contributed by atoms with Crippen molar-refractivity contribution in [2.75, 3.05) is 0 Å². The summed E-state index contributed by atoms with van der Waals surface area (Å²) in [5.41, 5.74) is 5.33. The molecule has 0 radical (unpaired) electrons. The van der Waals surface area contributed by atoms with Gasteiger partial charge in [-0.1, -0.05) is 60.7 Å². The number of hydrogen-bond acceptors (Lipinski definition) is 1. The molecule has 3 aromatic rings. The summed E-state index contributed by atoms with van der Waals surface area (Å²) in [6.07, 6.45) is 0. The second-order valence-electron chi connectivity index (χ2n) is 5.82. The zero-order chi connectivity index (χ0) is 16.1. The molecule has 0 saturated heterocycles. The van der Waals surface area contributed by atoms with Gasteiger partial charge in [0, 0.05) is 42.2 Å². The fraction of sp³-hybridized carbons (Fsp3) is 0.190. The van der Waals surface area contributed by atoms with E-state index in [0.717, 1.165) is 12.3 Å². The van der Waals surface area contributed by atoms with Crippen LogP contribution in [0.25, 0.3) is 0 Å². The molecular weight excluding hydrogens is 298 g/mol. The Morgan fingerprint density at radius 3 is 1.83 bits per heavy atom. The van der Waals surface area contributed by atoms with Crippen LogP contribution in [-0.2, 0) is 12.3 Å². The number of aryl methyl sites for hydroxylation is 2. The SMILES string of the molecule is Cc1cc(SCc2ccccc2)cc(C)[n+]1Cc1ccccc1. The zero-order valence-corrected chi connectivity index (χ0v) is 14.5. The molecule has 0 spiro atoms. The van der Waals surface area contributed by atoms with Gasteiger partial charge in [0.1, 0.15) is 0 Å². The Morgan fingerprint density at radius 2 is 1.26 bits per heavy atom. The van der Waals surface area contributed by atoms with Crippen LogP contribution in [0.4, 0.5) is 0 Å². The fourth-order valence-electron chi connectivity index (χ4n) is 2.73. The summed E-state index contributed by atoms with van der Waals surface area (Å²) in [6, 6.07) is 25.9. The highest BCUT2D eigenvalue weighted by Crippen LogP contribution is 2.23. The topological polar surface area (TPSA) is 3.88 Å². The van der Waals surface area contributed by atoms with Gasteiger partial charge in [-0.2, -0.15) is 4.57 Å². The summed E-state index contributed by atoms with van der Waals surface area (Å²) < 4.78 is 2.38. The maximum absolute atomic E-state index is 2.38. The average molecular weight is 320 g/mol. The predicted octanol–water partition coefficient (Wildman–Crippen LogP) is 4.93. The van der Waals surface area contributed by atoms with Crippen LogP contribution < -0.4 is 4.57 Å². The van der Waals surface area contributed by atoms with Crippen LogP contribution in [0.2, 0.25) is 0 Å². The number of hydrogen-bond donors (Lipinski definition) is 0. The van der Waals surface area contributed by atoms with Crippen molar-refractivity contribution in [1.82, 2.24) is 0 Å². The predicted molar refractivity (Wildman–Crippen MR) is 97.7 cm³/mol. The second-order valence-corrected chi connectivity index (χ2v) is 6.87. The van der Waals surface area contributed by atoms with Gasteiger partial charge in [-0.15, -0.1) is 11.8 Å². The molecule has 23 heavy (non-hydrogen) atoms. The standard InChI is InChI=1S/C21H22NS/c1-17-13-21(23-16-20-11-7-4-8-12-20)14-18(2)22(17)15-19-9-5-3-6-10-19/h3-14H,15-16H2,1-2H3/q+1. The summed E-state index contributed by atoms with van der Waals surface area (Å²) >= 11 is 1.90. The molecule has 1 aromatic heterocycles. The highest BCUT2D eigenvalue weighted by Gasteiger charge is 2.13. The molecule has 0 N–H and O–H groups in total. The number of benzene rings is 2. The maximum Gasteiger partial charge on any atom is 0.179 e. The molecular formula is C21H22NS+. The van der Waals surface area contributed by atoms with Crippen LogP contribution in [0.15, 0.2) is 77.7 Å². The van der Waals surface area contributed by atoms with Crippen molar-refractivity contribution in [2.45, 2.75) is 31.0 Å². The third-order valence-corrected chi connectivity index (χ3v) is 5.03. The first-order valence-corrected chi connectivity index (χ1v) is 8.93. The summed E-state index contributed by atoms with van der Waals surface area (Å²) in [4.78, 5) is 1.34.